The smallest absolute Gasteiger partial charge is 0.339 e. The van der Waals surface area contributed by atoms with Gasteiger partial charge in [0, 0.05) is 6.42 Å². The third-order valence-corrected chi connectivity index (χ3v) is 3.80. The Bertz CT molecular complexity index is 709. The molecule has 2 aromatic carbocycles. The highest BCUT2D eigenvalue weighted by molar-refractivity contribution is 6.25. The van der Waals surface area contributed by atoms with Crippen LogP contribution in [0.2, 0.25) is 0 Å². The van der Waals surface area contributed by atoms with E-state index in [0.29, 0.717) is 12.2 Å². The van der Waals surface area contributed by atoms with E-state index in [1.54, 1.807) is 0 Å². The molecule has 0 amide bonds. The van der Waals surface area contributed by atoms with Crippen LogP contribution in [0.4, 0.5) is 0 Å². The van der Waals surface area contributed by atoms with E-state index in [1.165, 1.54) is 5.56 Å². The van der Waals surface area contributed by atoms with Crippen LogP contribution in [0.25, 0.3) is 11.1 Å². The molecule has 106 valence electrons. The van der Waals surface area contributed by atoms with E-state index >= 15 is 0 Å². The topological polar surface area (TPSA) is 26.3 Å². The molecule has 0 unspecified atom stereocenters. The second-order valence-electron chi connectivity index (χ2n) is 5.47. The zero-order valence-corrected chi connectivity index (χ0v) is 12.3. The van der Waals surface area contributed by atoms with Gasteiger partial charge in [-0.1, -0.05) is 59.7 Å². The SMILES string of the molecule is Cc1ccc(C2=C(c3cccc(C)c3)C(=O)OCC2)cc1. The van der Waals surface area contributed by atoms with Crippen molar-refractivity contribution in [1.29, 1.82) is 0 Å². The molecule has 21 heavy (non-hydrogen) atoms. The second-order valence-corrected chi connectivity index (χ2v) is 5.47. The maximum absolute atomic E-state index is 12.3. The van der Waals surface area contributed by atoms with Gasteiger partial charge in [-0.05, 0) is 30.5 Å². The van der Waals surface area contributed by atoms with E-state index in [0.717, 1.165) is 28.7 Å². The van der Waals surface area contributed by atoms with E-state index in [9.17, 15) is 4.79 Å². The molecule has 2 aromatic rings. The van der Waals surface area contributed by atoms with Gasteiger partial charge in [0.2, 0.25) is 0 Å². The summed E-state index contributed by atoms with van der Waals surface area (Å²) in [7, 11) is 0. The van der Waals surface area contributed by atoms with Crippen molar-refractivity contribution < 1.29 is 9.53 Å². The fourth-order valence-corrected chi connectivity index (χ4v) is 2.70. The molecule has 0 aromatic heterocycles. The molecular formula is C19H18O2. The molecule has 1 aliphatic rings. The Morgan fingerprint density at radius 3 is 2.38 bits per heavy atom. The average molecular weight is 278 g/mol. The first kappa shape index (κ1) is 13.6. The Hall–Kier alpha value is -2.35. The molecule has 0 radical (unpaired) electrons. The van der Waals surface area contributed by atoms with Gasteiger partial charge in [-0.15, -0.1) is 0 Å². The minimum absolute atomic E-state index is 0.220. The summed E-state index contributed by atoms with van der Waals surface area (Å²) in [5.41, 5.74) is 6.19. The second kappa shape index (κ2) is 5.57. The quantitative estimate of drug-likeness (QED) is 0.771. The minimum atomic E-state index is -0.220. The van der Waals surface area contributed by atoms with Crippen molar-refractivity contribution in [2.75, 3.05) is 6.61 Å². The van der Waals surface area contributed by atoms with Gasteiger partial charge in [0.15, 0.2) is 0 Å². The lowest BCUT2D eigenvalue weighted by Gasteiger charge is -2.21. The number of aryl methyl sites for hydroxylation is 2. The summed E-state index contributed by atoms with van der Waals surface area (Å²) >= 11 is 0. The van der Waals surface area contributed by atoms with Crippen LogP contribution in [-0.2, 0) is 9.53 Å². The van der Waals surface area contributed by atoms with Crippen LogP contribution >= 0.6 is 0 Å². The molecule has 0 saturated carbocycles. The van der Waals surface area contributed by atoms with Crippen LogP contribution in [0.5, 0.6) is 0 Å². The lowest BCUT2D eigenvalue weighted by atomic mass is 9.90. The van der Waals surface area contributed by atoms with Crippen LogP contribution in [0, 0.1) is 13.8 Å². The predicted molar refractivity (Wildman–Crippen MR) is 84.7 cm³/mol. The fourth-order valence-electron chi connectivity index (χ4n) is 2.70. The zero-order valence-electron chi connectivity index (χ0n) is 12.3. The summed E-state index contributed by atoms with van der Waals surface area (Å²) in [6, 6.07) is 16.3. The van der Waals surface area contributed by atoms with Crippen LogP contribution < -0.4 is 0 Å². The Labute approximate surface area is 125 Å². The van der Waals surface area contributed by atoms with Gasteiger partial charge in [-0.25, -0.2) is 4.79 Å². The van der Waals surface area contributed by atoms with Crippen LogP contribution in [-0.4, -0.2) is 12.6 Å². The molecule has 2 heteroatoms. The summed E-state index contributed by atoms with van der Waals surface area (Å²) in [5.74, 6) is -0.220. The monoisotopic (exact) mass is 278 g/mol. The van der Waals surface area contributed by atoms with Crippen molar-refractivity contribution in [3.8, 4) is 0 Å². The van der Waals surface area contributed by atoms with E-state index < -0.39 is 0 Å². The summed E-state index contributed by atoms with van der Waals surface area (Å²) in [4.78, 5) is 12.3. The molecule has 2 nitrogen and oxygen atoms in total. The number of hydrogen-bond acceptors (Lipinski definition) is 2. The molecule has 3 rings (SSSR count). The first-order valence-electron chi connectivity index (χ1n) is 7.19. The number of hydrogen-bond donors (Lipinski definition) is 0. The maximum Gasteiger partial charge on any atom is 0.339 e. The third-order valence-electron chi connectivity index (χ3n) is 3.80. The Kier molecular flexibility index (Phi) is 3.61. The van der Waals surface area contributed by atoms with Crippen molar-refractivity contribution in [2.45, 2.75) is 20.3 Å². The molecule has 0 saturated heterocycles. The number of rotatable bonds is 2. The minimum Gasteiger partial charge on any atom is -0.462 e. The van der Waals surface area contributed by atoms with Gasteiger partial charge in [0.1, 0.15) is 0 Å². The molecule has 1 aliphatic heterocycles. The van der Waals surface area contributed by atoms with Crippen molar-refractivity contribution in [2.24, 2.45) is 0 Å². The summed E-state index contributed by atoms with van der Waals surface area (Å²) in [6.07, 6.45) is 0.762. The van der Waals surface area contributed by atoms with Gasteiger partial charge in [-0.2, -0.15) is 0 Å². The largest absolute Gasteiger partial charge is 0.462 e. The average Bonchev–Trinajstić information content (AvgIpc) is 2.48. The van der Waals surface area contributed by atoms with Crippen molar-refractivity contribution in [3.63, 3.8) is 0 Å². The summed E-state index contributed by atoms with van der Waals surface area (Å²) in [5, 5.41) is 0. The number of carbonyl (C=O) groups is 1. The van der Waals surface area contributed by atoms with E-state index in [-0.39, 0.29) is 5.97 Å². The van der Waals surface area contributed by atoms with Gasteiger partial charge in [-0.3, -0.25) is 0 Å². The summed E-state index contributed by atoms with van der Waals surface area (Å²) < 4.78 is 5.26. The van der Waals surface area contributed by atoms with Crippen LogP contribution in [0.3, 0.4) is 0 Å². The van der Waals surface area contributed by atoms with Gasteiger partial charge >= 0.3 is 5.97 Å². The van der Waals surface area contributed by atoms with E-state index in [4.69, 9.17) is 4.74 Å². The normalized spacial score (nSPS) is 15.0. The summed E-state index contributed by atoms with van der Waals surface area (Å²) in [6.45, 7) is 4.55. The van der Waals surface area contributed by atoms with Crippen molar-refractivity contribution in [3.05, 3.63) is 70.8 Å². The number of carbonyl (C=O) groups excluding carboxylic acids is 1. The number of cyclic esters (lactones) is 1. The maximum atomic E-state index is 12.3. The number of ether oxygens (including phenoxy) is 1. The first-order valence-corrected chi connectivity index (χ1v) is 7.19. The van der Waals surface area contributed by atoms with E-state index in [1.807, 2.05) is 31.2 Å². The van der Waals surface area contributed by atoms with Crippen molar-refractivity contribution in [1.82, 2.24) is 0 Å². The van der Waals surface area contributed by atoms with Crippen LogP contribution in [0.1, 0.15) is 28.7 Å². The lowest BCUT2D eigenvalue weighted by Crippen LogP contribution is -2.16. The molecule has 0 atom stereocenters. The third kappa shape index (κ3) is 2.75. The predicted octanol–water partition coefficient (Wildman–Crippen LogP) is 4.16. The number of esters is 1. The molecule has 0 N–H and O–H groups in total. The van der Waals surface area contributed by atoms with Gasteiger partial charge < -0.3 is 4.74 Å². The molecule has 1 heterocycles. The molecular weight excluding hydrogens is 260 g/mol. The molecule has 0 spiro atoms. The highest BCUT2D eigenvalue weighted by Crippen LogP contribution is 2.33. The highest BCUT2D eigenvalue weighted by Gasteiger charge is 2.24. The highest BCUT2D eigenvalue weighted by atomic mass is 16.5. The van der Waals surface area contributed by atoms with E-state index in [2.05, 4.69) is 31.2 Å². The molecule has 0 aliphatic carbocycles. The fraction of sp³-hybridized carbons (Fsp3) is 0.211. The van der Waals surface area contributed by atoms with Crippen molar-refractivity contribution >= 4 is 17.1 Å². The Balaban J connectivity index is 2.17. The Morgan fingerprint density at radius 2 is 1.67 bits per heavy atom. The van der Waals surface area contributed by atoms with Gasteiger partial charge in [0.25, 0.3) is 0 Å². The lowest BCUT2D eigenvalue weighted by molar-refractivity contribution is -0.136. The zero-order chi connectivity index (χ0) is 14.8. The first-order chi connectivity index (χ1) is 10.1. The van der Waals surface area contributed by atoms with Crippen LogP contribution in [0.15, 0.2) is 48.5 Å². The molecule has 0 bridgehead atoms. The standard InChI is InChI=1S/C19H18O2/c1-13-6-8-15(9-7-13)17-10-11-21-19(20)18(17)16-5-3-4-14(2)12-16/h3-9,12H,10-11H2,1-2H3. The Morgan fingerprint density at radius 1 is 0.905 bits per heavy atom. The van der Waals surface area contributed by atoms with Gasteiger partial charge in [0.05, 0.1) is 12.2 Å². The molecule has 0 fully saturated rings. The number of benzene rings is 2.